The number of halogens is 1. The SMILES string of the molecule is CC1OC(C)C(C(=O)NCCCCCCl)C1C. The van der Waals surface area contributed by atoms with Crippen LogP contribution >= 0.6 is 11.6 Å². The Hall–Kier alpha value is -0.280. The van der Waals surface area contributed by atoms with E-state index in [1.165, 1.54) is 0 Å². The van der Waals surface area contributed by atoms with Gasteiger partial charge in [-0.1, -0.05) is 13.3 Å². The Kier molecular flexibility index (Phi) is 6.28. The molecule has 0 spiro atoms. The quantitative estimate of drug-likeness (QED) is 0.590. The number of alkyl halides is 1. The minimum Gasteiger partial charge on any atom is -0.374 e. The van der Waals surface area contributed by atoms with Crippen molar-refractivity contribution in [3.63, 3.8) is 0 Å². The summed E-state index contributed by atoms with van der Waals surface area (Å²) in [7, 11) is 0. The summed E-state index contributed by atoms with van der Waals surface area (Å²) >= 11 is 5.60. The van der Waals surface area contributed by atoms with Crippen LogP contribution in [0.4, 0.5) is 0 Å². The van der Waals surface area contributed by atoms with E-state index in [1.54, 1.807) is 0 Å². The van der Waals surface area contributed by atoms with Crippen LogP contribution in [-0.2, 0) is 9.53 Å². The first kappa shape index (κ1) is 14.8. The van der Waals surface area contributed by atoms with Gasteiger partial charge in [-0.15, -0.1) is 11.6 Å². The Balaban J connectivity index is 2.27. The van der Waals surface area contributed by atoms with Crippen LogP contribution in [0.5, 0.6) is 0 Å². The molecule has 17 heavy (non-hydrogen) atoms. The second-order valence-electron chi connectivity index (χ2n) is 4.97. The highest BCUT2D eigenvalue weighted by atomic mass is 35.5. The molecule has 1 amide bonds. The molecule has 1 saturated heterocycles. The Morgan fingerprint density at radius 2 is 1.88 bits per heavy atom. The molecule has 0 aliphatic carbocycles. The maximum absolute atomic E-state index is 12.0. The maximum atomic E-state index is 12.0. The van der Waals surface area contributed by atoms with Crippen LogP contribution < -0.4 is 5.32 Å². The standard InChI is InChI=1S/C13H24ClNO2/c1-9-10(2)17-11(3)12(9)13(16)15-8-6-4-5-7-14/h9-12H,4-8H2,1-3H3,(H,15,16). The fourth-order valence-electron chi connectivity index (χ4n) is 2.44. The summed E-state index contributed by atoms with van der Waals surface area (Å²) in [6, 6.07) is 0. The van der Waals surface area contributed by atoms with Crippen molar-refractivity contribution in [2.24, 2.45) is 11.8 Å². The average molecular weight is 262 g/mol. The summed E-state index contributed by atoms with van der Waals surface area (Å²) in [6.45, 7) is 6.86. The zero-order chi connectivity index (χ0) is 12.8. The molecule has 1 N–H and O–H groups in total. The lowest BCUT2D eigenvalue weighted by Crippen LogP contribution is -2.37. The van der Waals surface area contributed by atoms with Crippen molar-refractivity contribution in [1.29, 1.82) is 0 Å². The van der Waals surface area contributed by atoms with E-state index in [0.29, 0.717) is 11.8 Å². The van der Waals surface area contributed by atoms with Gasteiger partial charge >= 0.3 is 0 Å². The van der Waals surface area contributed by atoms with Crippen LogP contribution in [0, 0.1) is 11.8 Å². The molecular formula is C13H24ClNO2. The fraction of sp³-hybridized carbons (Fsp3) is 0.923. The molecule has 0 radical (unpaired) electrons. The van der Waals surface area contributed by atoms with E-state index in [1.807, 2.05) is 13.8 Å². The minimum absolute atomic E-state index is 0.00183. The topological polar surface area (TPSA) is 38.3 Å². The minimum atomic E-state index is -0.00183. The summed E-state index contributed by atoms with van der Waals surface area (Å²) < 4.78 is 5.67. The number of hydrogen-bond donors (Lipinski definition) is 1. The van der Waals surface area contributed by atoms with Crippen LogP contribution in [-0.4, -0.2) is 30.5 Å². The van der Waals surface area contributed by atoms with Gasteiger partial charge in [0.05, 0.1) is 18.1 Å². The zero-order valence-electron chi connectivity index (χ0n) is 11.0. The van der Waals surface area contributed by atoms with E-state index in [-0.39, 0.29) is 24.0 Å². The number of amides is 1. The van der Waals surface area contributed by atoms with Gasteiger partial charge in [0.15, 0.2) is 0 Å². The van der Waals surface area contributed by atoms with Gasteiger partial charge in [-0.2, -0.15) is 0 Å². The highest BCUT2D eigenvalue weighted by molar-refractivity contribution is 6.17. The van der Waals surface area contributed by atoms with Gasteiger partial charge in [-0.3, -0.25) is 4.79 Å². The normalized spacial score (nSPS) is 32.7. The van der Waals surface area contributed by atoms with Crippen molar-refractivity contribution < 1.29 is 9.53 Å². The highest BCUT2D eigenvalue weighted by Crippen LogP contribution is 2.32. The Morgan fingerprint density at radius 3 is 2.41 bits per heavy atom. The molecule has 0 bridgehead atoms. The molecular weight excluding hydrogens is 238 g/mol. The lowest BCUT2D eigenvalue weighted by molar-refractivity contribution is -0.127. The zero-order valence-corrected chi connectivity index (χ0v) is 11.8. The second-order valence-corrected chi connectivity index (χ2v) is 5.35. The predicted molar refractivity (Wildman–Crippen MR) is 70.2 cm³/mol. The predicted octanol–water partition coefficient (Wildman–Crippen LogP) is 2.57. The molecule has 4 atom stereocenters. The molecule has 0 saturated carbocycles. The smallest absolute Gasteiger partial charge is 0.226 e. The van der Waals surface area contributed by atoms with E-state index in [0.717, 1.165) is 25.8 Å². The first-order valence-electron chi connectivity index (χ1n) is 6.57. The largest absolute Gasteiger partial charge is 0.374 e. The average Bonchev–Trinajstić information content (AvgIpc) is 2.53. The molecule has 0 aromatic heterocycles. The number of rotatable bonds is 6. The Bertz CT molecular complexity index is 248. The monoisotopic (exact) mass is 261 g/mol. The van der Waals surface area contributed by atoms with E-state index in [9.17, 15) is 4.79 Å². The van der Waals surface area contributed by atoms with Crippen LogP contribution in [0.2, 0.25) is 0 Å². The third kappa shape index (κ3) is 4.14. The molecule has 1 rings (SSSR count). The van der Waals surface area contributed by atoms with Crippen molar-refractivity contribution in [2.45, 2.75) is 52.2 Å². The van der Waals surface area contributed by atoms with Crippen LogP contribution in [0.3, 0.4) is 0 Å². The molecule has 4 heteroatoms. The third-order valence-corrected chi connectivity index (χ3v) is 3.92. The fourth-order valence-corrected chi connectivity index (χ4v) is 2.63. The molecule has 1 aliphatic heterocycles. The van der Waals surface area contributed by atoms with Crippen molar-refractivity contribution >= 4 is 17.5 Å². The van der Waals surface area contributed by atoms with Crippen LogP contribution in [0.1, 0.15) is 40.0 Å². The van der Waals surface area contributed by atoms with Crippen molar-refractivity contribution in [1.82, 2.24) is 5.32 Å². The van der Waals surface area contributed by atoms with Gasteiger partial charge in [0.25, 0.3) is 0 Å². The van der Waals surface area contributed by atoms with Crippen LogP contribution in [0.15, 0.2) is 0 Å². The van der Waals surface area contributed by atoms with Gasteiger partial charge in [-0.25, -0.2) is 0 Å². The highest BCUT2D eigenvalue weighted by Gasteiger charge is 2.41. The number of carbonyl (C=O) groups is 1. The summed E-state index contributed by atoms with van der Waals surface area (Å²) in [4.78, 5) is 12.0. The number of carbonyl (C=O) groups excluding carboxylic acids is 1. The molecule has 1 aliphatic rings. The number of nitrogens with one attached hydrogen (secondary N) is 1. The first-order chi connectivity index (χ1) is 8.07. The Morgan fingerprint density at radius 1 is 1.18 bits per heavy atom. The molecule has 1 heterocycles. The van der Waals surface area contributed by atoms with Gasteiger partial charge < -0.3 is 10.1 Å². The van der Waals surface area contributed by atoms with Crippen molar-refractivity contribution in [2.75, 3.05) is 12.4 Å². The summed E-state index contributed by atoms with van der Waals surface area (Å²) in [5, 5.41) is 3.00. The summed E-state index contributed by atoms with van der Waals surface area (Å²) in [5.41, 5.74) is 0. The summed E-state index contributed by atoms with van der Waals surface area (Å²) in [6.07, 6.45) is 3.31. The lowest BCUT2D eigenvalue weighted by atomic mass is 9.89. The van der Waals surface area contributed by atoms with Crippen molar-refractivity contribution in [3.05, 3.63) is 0 Å². The second kappa shape index (κ2) is 7.22. The lowest BCUT2D eigenvalue weighted by Gasteiger charge is -2.17. The number of ether oxygens (including phenoxy) is 1. The molecule has 0 aromatic rings. The van der Waals surface area contributed by atoms with Gasteiger partial charge in [0.2, 0.25) is 5.91 Å². The third-order valence-electron chi connectivity index (χ3n) is 3.65. The first-order valence-corrected chi connectivity index (χ1v) is 7.10. The van der Waals surface area contributed by atoms with Crippen molar-refractivity contribution in [3.8, 4) is 0 Å². The maximum Gasteiger partial charge on any atom is 0.226 e. The molecule has 3 nitrogen and oxygen atoms in total. The Labute approximate surface area is 109 Å². The number of hydrogen-bond acceptors (Lipinski definition) is 2. The number of unbranched alkanes of at least 4 members (excludes halogenated alkanes) is 2. The van der Waals surface area contributed by atoms with E-state index in [4.69, 9.17) is 16.3 Å². The van der Waals surface area contributed by atoms with E-state index >= 15 is 0 Å². The van der Waals surface area contributed by atoms with Crippen LogP contribution in [0.25, 0.3) is 0 Å². The molecule has 100 valence electrons. The van der Waals surface area contributed by atoms with Gasteiger partial charge in [0, 0.05) is 12.4 Å². The summed E-state index contributed by atoms with van der Waals surface area (Å²) in [5.74, 6) is 1.14. The molecule has 0 aromatic carbocycles. The van der Waals surface area contributed by atoms with Gasteiger partial charge in [0.1, 0.15) is 0 Å². The van der Waals surface area contributed by atoms with E-state index < -0.39 is 0 Å². The van der Waals surface area contributed by atoms with Gasteiger partial charge in [-0.05, 0) is 32.6 Å². The molecule has 1 fully saturated rings. The van der Waals surface area contributed by atoms with E-state index in [2.05, 4.69) is 12.2 Å². The molecule has 4 unspecified atom stereocenters.